The van der Waals surface area contributed by atoms with Crippen LogP contribution >= 0.6 is 0 Å². The summed E-state index contributed by atoms with van der Waals surface area (Å²) < 4.78 is 48.6. The van der Waals surface area contributed by atoms with Gasteiger partial charge in [-0.1, -0.05) is 25.6 Å². The van der Waals surface area contributed by atoms with Crippen molar-refractivity contribution in [2.45, 2.75) is 44.6 Å². The van der Waals surface area contributed by atoms with Crippen LogP contribution in [0.25, 0.3) is 11.2 Å². The molecule has 0 amide bonds. The summed E-state index contributed by atoms with van der Waals surface area (Å²) in [6.45, 7) is 5.46. The SMILES string of the molecule is C[C@@H](c1cccc(-n2cc3c(C(F)(F)F)cc(CN4CCC[Si]4C)cn3c2=O)c1)c1nncn1C. The highest BCUT2D eigenvalue weighted by atomic mass is 28.3. The van der Waals surface area contributed by atoms with Crippen molar-refractivity contribution in [1.82, 2.24) is 28.3 Å². The Kier molecular flexibility index (Phi) is 5.92. The first-order valence-electron chi connectivity index (χ1n) is 11.5. The van der Waals surface area contributed by atoms with Crippen LogP contribution in [0.15, 0.2) is 53.8 Å². The Labute approximate surface area is 202 Å². The first-order valence-corrected chi connectivity index (χ1v) is 13.6. The standard InChI is InChI=1S/C24H26F3N6OSi/c1-16(22-29-28-15-30(22)2)18-6-4-7-19(11-18)32-14-21-20(24(25,26)27)10-17(13-33(21)23(32)34)12-31-8-5-9-35(31)3/h4,6-7,10-11,13-16H,5,8-9,12H2,1-3H3/t16-/m0/s1. The molecular formula is C24H26F3N6OSi. The van der Waals surface area contributed by atoms with Crippen LogP contribution in [0.1, 0.15) is 41.8 Å². The molecule has 1 radical (unpaired) electrons. The molecule has 4 heterocycles. The fourth-order valence-electron chi connectivity index (χ4n) is 4.83. The van der Waals surface area contributed by atoms with Crippen molar-refractivity contribution in [3.63, 3.8) is 0 Å². The number of benzene rings is 1. The minimum atomic E-state index is -4.58. The Morgan fingerprint density at radius 2 is 2.00 bits per heavy atom. The molecule has 1 aliphatic heterocycles. The first kappa shape index (κ1) is 23.6. The molecule has 7 nitrogen and oxygen atoms in total. The van der Waals surface area contributed by atoms with Gasteiger partial charge in [-0.05, 0) is 48.3 Å². The van der Waals surface area contributed by atoms with Gasteiger partial charge >= 0.3 is 11.9 Å². The van der Waals surface area contributed by atoms with Gasteiger partial charge < -0.3 is 9.13 Å². The van der Waals surface area contributed by atoms with Gasteiger partial charge in [0.05, 0.1) is 16.8 Å². The first-order chi connectivity index (χ1) is 16.6. The van der Waals surface area contributed by atoms with Crippen LogP contribution in [0.5, 0.6) is 0 Å². The summed E-state index contributed by atoms with van der Waals surface area (Å²) in [6, 6.07) is 9.55. The topological polar surface area (TPSA) is 60.4 Å². The number of nitrogens with zero attached hydrogens (tertiary/aromatic N) is 6. The van der Waals surface area contributed by atoms with E-state index >= 15 is 0 Å². The number of imidazole rings is 1. The minimum Gasteiger partial charge on any atom is -0.320 e. The van der Waals surface area contributed by atoms with E-state index in [1.165, 1.54) is 16.8 Å². The number of halogens is 3. The zero-order chi connectivity index (χ0) is 24.9. The summed E-state index contributed by atoms with van der Waals surface area (Å²) in [5.74, 6) is 0.636. The molecule has 3 aromatic heterocycles. The fourth-order valence-corrected chi connectivity index (χ4v) is 6.81. The third-order valence-electron chi connectivity index (χ3n) is 6.79. The lowest BCUT2D eigenvalue weighted by Crippen LogP contribution is -2.30. The number of pyridine rings is 1. The van der Waals surface area contributed by atoms with Gasteiger partial charge in [0, 0.05) is 31.9 Å². The van der Waals surface area contributed by atoms with E-state index in [1.807, 2.05) is 30.7 Å². The summed E-state index contributed by atoms with van der Waals surface area (Å²) in [7, 11) is 1.12. The summed E-state index contributed by atoms with van der Waals surface area (Å²) in [6.07, 6.45) is 0.946. The highest BCUT2D eigenvalue weighted by Crippen LogP contribution is 2.34. The van der Waals surface area contributed by atoms with Crippen molar-refractivity contribution >= 4 is 14.5 Å². The number of aromatic nitrogens is 5. The second-order valence-corrected chi connectivity index (χ2v) is 11.8. The van der Waals surface area contributed by atoms with Crippen LogP contribution in [-0.2, 0) is 19.8 Å². The molecule has 0 N–H and O–H groups in total. The van der Waals surface area contributed by atoms with Gasteiger partial charge in [-0.15, -0.1) is 10.2 Å². The second kappa shape index (κ2) is 8.79. The lowest BCUT2D eigenvalue weighted by atomic mass is 10.00. The Balaban J connectivity index is 1.60. The number of fused-ring (bicyclic) bond motifs is 1. The van der Waals surface area contributed by atoms with Crippen molar-refractivity contribution in [1.29, 1.82) is 0 Å². The molecule has 1 fully saturated rings. The third kappa shape index (κ3) is 4.34. The summed E-state index contributed by atoms with van der Waals surface area (Å²) in [4.78, 5) is 13.4. The lowest BCUT2D eigenvalue weighted by Gasteiger charge is -2.20. The van der Waals surface area contributed by atoms with Gasteiger partial charge in [-0.3, -0.25) is 8.97 Å². The predicted molar refractivity (Wildman–Crippen MR) is 128 cm³/mol. The summed E-state index contributed by atoms with van der Waals surface area (Å²) in [5.41, 5.74) is 0.405. The quantitative estimate of drug-likeness (QED) is 0.386. The molecule has 35 heavy (non-hydrogen) atoms. The molecule has 5 rings (SSSR count). The summed E-state index contributed by atoms with van der Waals surface area (Å²) in [5, 5.41) is 8.08. The van der Waals surface area contributed by atoms with E-state index in [0.29, 0.717) is 17.8 Å². The average molecular weight is 500 g/mol. The van der Waals surface area contributed by atoms with Crippen LogP contribution in [-0.4, -0.2) is 43.8 Å². The van der Waals surface area contributed by atoms with Crippen molar-refractivity contribution in [2.75, 3.05) is 6.54 Å². The zero-order valence-corrected chi connectivity index (χ0v) is 20.8. The Morgan fingerprint density at radius 1 is 1.20 bits per heavy atom. The highest BCUT2D eigenvalue weighted by molar-refractivity contribution is 6.54. The Bertz CT molecular complexity index is 1440. The molecule has 0 unspecified atom stereocenters. The van der Waals surface area contributed by atoms with Crippen molar-refractivity contribution < 1.29 is 13.2 Å². The molecule has 0 bridgehead atoms. The number of rotatable bonds is 5. The van der Waals surface area contributed by atoms with E-state index < -0.39 is 26.4 Å². The molecule has 183 valence electrons. The van der Waals surface area contributed by atoms with Crippen molar-refractivity contribution in [2.24, 2.45) is 7.05 Å². The second-order valence-electron chi connectivity index (χ2n) is 9.17. The monoisotopic (exact) mass is 499 g/mol. The zero-order valence-electron chi connectivity index (χ0n) is 19.8. The molecular weight excluding hydrogens is 473 g/mol. The molecule has 0 spiro atoms. The molecule has 1 saturated heterocycles. The molecule has 1 atom stereocenters. The van der Waals surface area contributed by atoms with Crippen LogP contribution in [0.2, 0.25) is 12.6 Å². The van der Waals surface area contributed by atoms with Gasteiger partial charge in [-0.25, -0.2) is 4.79 Å². The van der Waals surface area contributed by atoms with Crippen molar-refractivity contribution in [3.8, 4) is 5.69 Å². The van der Waals surface area contributed by atoms with E-state index in [0.717, 1.165) is 34.8 Å². The molecule has 1 aromatic carbocycles. The van der Waals surface area contributed by atoms with E-state index in [9.17, 15) is 18.0 Å². The molecule has 0 aliphatic carbocycles. The molecule has 0 saturated carbocycles. The minimum absolute atomic E-state index is 0.113. The van der Waals surface area contributed by atoms with E-state index in [-0.39, 0.29) is 11.4 Å². The number of hydrogen-bond donors (Lipinski definition) is 0. The van der Waals surface area contributed by atoms with Crippen LogP contribution in [0, 0.1) is 0 Å². The van der Waals surface area contributed by atoms with Crippen molar-refractivity contribution in [3.05, 3.63) is 82.1 Å². The van der Waals surface area contributed by atoms with Gasteiger partial charge in [0.2, 0.25) is 0 Å². The van der Waals surface area contributed by atoms with E-state index in [1.54, 1.807) is 24.7 Å². The van der Waals surface area contributed by atoms with Crippen LogP contribution in [0.4, 0.5) is 13.2 Å². The Hall–Kier alpha value is -3.18. The largest absolute Gasteiger partial charge is 0.418 e. The van der Waals surface area contributed by atoms with E-state index in [2.05, 4.69) is 21.3 Å². The maximum Gasteiger partial charge on any atom is 0.418 e. The fraction of sp³-hybridized carbons (Fsp3) is 0.375. The average Bonchev–Trinajstić information content (AvgIpc) is 3.52. The third-order valence-corrected chi connectivity index (χ3v) is 9.33. The number of hydrogen-bond acceptors (Lipinski definition) is 4. The highest BCUT2D eigenvalue weighted by Gasteiger charge is 2.35. The van der Waals surface area contributed by atoms with Crippen LogP contribution in [0.3, 0.4) is 0 Å². The van der Waals surface area contributed by atoms with Gasteiger partial charge in [0.25, 0.3) is 0 Å². The maximum absolute atomic E-state index is 14.0. The van der Waals surface area contributed by atoms with Gasteiger partial charge in [0.1, 0.15) is 21.1 Å². The van der Waals surface area contributed by atoms with Crippen LogP contribution < -0.4 is 5.69 Å². The van der Waals surface area contributed by atoms with Gasteiger partial charge in [0.15, 0.2) is 0 Å². The molecule has 1 aliphatic rings. The van der Waals surface area contributed by atoms with E-state index in [4.69, 9.17) is 0 Å². The Morgan fingerprint density at radius 3 is 2.66 bits per heavy atom. The lowest BCUT2D eigenvalue weighted by molar-refractivity contribution is -0.136. The summed E-state index contributed by atoms with van der Waals surface area (Å²) >= 11 is 0. The molecule has 11 heteroatoms. The number of aryl methyl sites for hydroxylation is 1. The molecule has 4 aromatic rings. The van der Waals surface area contributed by atoms with Gasteiger partial charge in [-0.2, -0.15) is 13.2 Å². The maximum atomic E-state index is 14.0. The number of alkyl halides is 3. The smallest absolute Gasteiger partial charge is 0.320 e. The predicted octanol–water partition coefficient (Wildman–Crippen LogP) is 4.22. The normalized spacial score (nSPS) is 16.4.